The van der Waals surface area contributed by atoms with Crippen LogP contribution in [0.15, 0.2) is 0 Å². The summed E-state index contributed by atoms with van der Waals surface area (Å²) >= 11 is 0. The molecular weight excluding hydrogens is 286 g/mol. The third kappa shape index (κ3) is 5.46. The molecule has 2 aliphatic heterocycles. The van der Waals surface area contributed by atoms with Gasteiger partial charge in [-0.05, 0) is 32.6 Å². The Morgan fingerprint density at radius 3 is 2.68 bits per heavy atom. The van der Waals surface area contributed by atoms with Gasteiger partial charge in [-0.1, -0.05) is 0 Å². The first-order valence-corrected chi connectivity index (χ1v) is 8.22. The van der Waals surface area contributed by atoms with Crippen LogP contribution in [0.1, 0.15) is 32.6 Å². The molecule has 0 aromatic heterocycles. The lowest BCUT2D eigenvalue weighted by atomic mass is 10.1. The van der Waals surface area contributed by atoms with E-state index < -0.39 is 0 Å². The summed E-state index contributed by atoms with van der Waals surface area (Å²) < 4.78 is 10.5. The SMILES string of the molecule is CCOC(=O)N1CCC(NCC(=O)NCC2CCCO2)CC1. The maximum Gasteiger partial charge on any atom is 0.409 e. The van der Waals surface area contributed by atoms with E-state index in [9.17, 15) is 9.59 Å². The normalized spacial score (nSPS) is 22.6. The minimum absolute atomic E-state index is 0.00308. The van der Waals surface area contributed by atoms with E-state index in [2.05, 4.69) is 10.6 Å². The molecule has 22 heavy (non-hydrogen) atoms. The van der Waals surface area contributed by atoms with Gasteiger partial charge in [-0.25, -0.2) is 4.79 Å². The number of likely N-dealkylation sites (tertiary alicyclic amines) is 1. The molecule has 0 saturated carbocycles. The molecule has 0 spiro atoms. The number of hydrogen-bond donors (Lipinski definition) is 2. The number of ether oxygens (including phenoxy) is 2. The highest BCUT2D eigenvalue weighted by molar-refractivity contribution is 5.78. The minimum Gasteiger partial charge on any atom is -0.450 e. The quantitative estimate of drug-likeness (QED) is 0.746. The zero-order valence-electron chi connectivity index (χ0n) is 13.3. The van der Waals surface area contributed by atoms with Gasteiger partial charge in [0.25, 0.3) is 0 Å². The first-order valence-electron chi connectivity index (χ1n) is 8.22. The number of nitrogens with one attached hydrogen (secondary N) is 2. The van der Waals surface area contributed by atoms with Gasteiger partial charge in [0.2, 0.25) is 5.91 Å². The summed E-state index contributed by atoms with van der Waals surface area (Å²) in [5.41, 5.74) is 0. The van der Waals surface area contributed by atoms with E-state index in [0.717, 1.165) is 32.3 Å². The lowest BCUT2D eigenvalue weighted by Crippen LogP contribution is -2.47. The minimum atomic E-state index is -0.241. The molecule has 2 aliphatic rings. The molecule has 2 fully saturated rings. The fourth-order valence-corrected chi connectivity index (χ4v) is 2.81. The number of carbonyl (C=O) groups is 2. The molecule has 0 bridgehead atoms. The van der Waals surface area contributed by atoms with Crippen molar-refractivity contribution in [1.82, 2.24) is 15.5 Å². The predicted octanol–water partition coefficient (Wildman–Crippen LogP) is 0.492. The van der Waals surface area contributed by atoms with E-state index in [-0.39, 0.29) is 24.1 Å². The van der Waals surface area contributed by atoms with Gasteiger partial charge in [-0.2, -0.15) is 0 Å². The van der Waals surface area contributed by atoms with Crippen LogP contribution in [0, 0.1) is 0 Å². The van der Waals surface area contributed by atoms with Crippen molar-refractivity contribution in [3.63, 3.8) is 0 Å². The fraction of sp³-hybridized carbons (Fsp3) is 0.867. The fourth-order valence-electron chi connectivity index (χ4n) is 2.81. The Kier molecular flexibility index (Phi) is 6.92. The van der Waals surface area contributed by atoms with Crippen molar-refractivity contribution in [2.75, 3.05) is 39.4 Å². The first-order chi connectivity index (χ1) is 10.7. The Balaban J connectivity index is 1.56. The highest BCUT2D eigenvalue weighted by atomic mass is 16.6. The highest BCUT2D eigenvalue weighted by Gasteiger charge is 2.23. The summed E-state index contributed by atoms with van der Waals surface area (Å²) in [5.74, 6) is 0.00308. The van der Waals surface area contributed by atoms with Crippen molar-refractivity contribution in [1.29, 1.82) is 0 Å². The van der Waals surface area contributed by atoms with Gasteiger partial charge in [-0.15, -0.1) is 0 Å². The Labute approximate surface area is 131 Å². The summed E-state index contributed by atoms with van der Waals surface area (Å²) in [5, 5.41) is 6.15. The third-order valence-corrected chi connectivity index (χ3v) is 4.12. The van der Waals surface area contributed by atoms with Gasteiger partial charge in [0.15, 0.2) is 0 Å². The number of carbonyl (C=O) groups excluding carboxylic acids is 2. The number of nitrogens with zero attached hydrogens (tertiary/aromatic N) is 1. The number of amides is 2. The molecule has 1 atom stereocenters. The molecular formula is C15H27N3O4. The Bertz CT molecular complexity index is 364. The van der Waals surface area contributed by atoms with Crippen LogP contribution < -0.4 is 10.6 Å². The van der Waals surface area contributed by atoms with Crippen molar-refractivity contribution in [2.24, 2.45) is 0 Å². The second-order valence-corrected chi connectivity index (χ2v) is 5.78. The molecule has 126 valence electrons. The molecule has 2 heterocycles. The van der Waals surface area contributed by atoms with Crippen molar-refractivity contribution in [3.05, 3.63) is 0 Å². The summed E-state index contributed by atoms with van der Waals surface area (Å²) in [6.45, 7) is 5.28. The van der Waals surface area contributed by atoms with Crippen LogP contribution in [0.4, 0.5) is 4.79 Å². The molecule has 2 saturated heterocycles. The van der Waals surface area contributed by atoms with E-state index in [4.69, 9.17) is 9.47 Å². The van der Waals surface area contributed by atoms with Crippen LogP contribution in [0.2, 0.25) is 0 Å². The van der Waals surface area contributed by atoms with Crippen molar-refractivity contribution in [3.8, 4) is 0 Å². The molecule has 1 unspecified atom stereocenters. The topological polar surface area (TPSA) is 79.9 Å². The Hall–Kier alpha value is -1.34. The largest absolute Gasteiger partial charge is 0.450 e. The third-order valence-electron chi connectivity index (χ3n) is 4.12. The van der Waals surface area contributed by atoms with Crippen molar-refractivity contribution < 1.29 is 19.1 Å². The lowest BCUT2D eigenvalue weighted by Gasteiger charge is -2.31. The number of rotatable bonds is 6. The summed E-state index contributed by atoms with van der Waals surface area (Å²) in [6.07, 6.45) is 3.74. The second kappa shape index (κ2) is 8.95. The van der Waals surface area contributed by atoms with Crippen LogP contribution in [0.3, 0.4) is 0 Å². The predicted molar refractivity (Wildman–Crippen MR) is 81.6 cm³/mol. The van der Waals surface area contributed by atoms with E-state index >= 15 is 0 Å². The van der Waals surface area contributed by atoms with Gasteiger partial charge >= 0.3 is 6.09 Å². The molecule has 7 nitrogen and oxygen atoms in total. The Morgan fingerprint density at radius 2 is 2.05 bits per heavy atom. The van der Waals surface area contributed by atoms with Gasteiger partial charge in [0, 0.05) is 32.3 Å². The van der Waals surface area contributed by atoms with Gasteiger partial charge in [0.1, 0.15) is 0 Å². The average molecular weight is 313 g/mol. The van der Waals surface area contributed by atoms with Crippen molar-refractivity contribution >= 4 is 12.0 Å². The van der Waals surface area contributed by atoms with Crippen LogP contribution in [-0.4, -0.2) is 68.4 Å². The second-order valence-electron chi connectivity index (χ2n) is 5.78. The first kappa shape index (κ1) is 17.0. The summed E-state index contributed by atoms with van der Waals surface area (Å²) in [7, 11) is 0. The van der Waals surface area contributed by atoms with Crippen molar-refractivity contribution in [2.45, 2.75) is 44.8 Å². The monoisotopic (exact) mass is 313 g/mol. The summed E-state index contributed by atoms with van der Waals surface area (Å²) in [4.78, 5) is 25.1. The highest BCUT2D eigenvalue weighted by Crippen LogP contribution is 2.12. The molecule has 0 aromatic rings. The molecule has 2 rings (SSSR count). The van der Waals surface area contributed by atoms with Crippen LogP contribution in [-0.2, 0) is 14.3 Å². The molecule has 2 N–H and O–H groups in total. The molecule has 2 amide bonds. The van der Waals surface area contributed by atoms with Gasteiger partial charge < -0.3 is 25.0 Å². The zero-order valence-corrected chi connectivity index (χ0v) is 13.3. The Morgan fingerprint density at radius 1 is 1.27 bits per heavy atom. The lowest BCUT2D eigenvalue weighted by molar-refractivity contribution is -0.120. The maximum absolute atomic E-state index is 11.8. The van der Waals surface area contributed by atoms with Gasteiger partial charge in [0.05, 0.1) is 19.3 Å². The standard InChI is InChI=1S/C15H27N3O4/c1-2-21-15(20)18-7-5-12(6-8-18)16-11-14(19)17-10-13-4-3-9-22-13/h12-13,16H,2-11H2,1H3,(H,17,19). The molecule has 0 aliphatic carbocycles. The van der Waals surface area contributed by atoms with E-state index in [1.807, 2.05) is 0 Å². The number of hydrogen-bond acceptors (Lipinski definition) is 5. The maximum atomic E-state index is 11.8. The average Bonchev–Trinajstić information content (AvgIpc) is 3.05. The van der Waals surface area contributed by atoms with E-state index in [1.54, 1.807) is 11.8 Å². The van der Waals surface area contributed by atoms with Crippen LogP contribution >= 0.6 is 0 Å². The number of piperidine rings is 1. The van der Waals surface area contributed by atoms with Crippen LogP contribution in [0.25, 0.3) is 0 Å². The van der Waals surface area contributed by atoms with Gasteiger partial charge in [-0.3, -0.25) is 4.79 Å². The zero-order chi connectivity index (χ0) is 15.8. The summed E-state index contributed by atoms with van der Waals surface area (Å²) in [6, 6.07) is 0.277. The molecule has 0 radical (unpaired) electrons. The van der Waals surface area contributed by atoms with E-state index in [0.29, 0.717) is 32.8 Å². The van der Waals surface area contributed by atoms with E-state index in [1.165, 1.54) is 0 Å². The van der Waals surface area contributed by atoms with Crippen LogP contribution in [0.5, 0.6) is 0 Å². The molecule has 7 heteroatoms. The molecule has 0 aromatic carbocycles. The smallest absolute Gasteiger partial charge is 0.409 e.